The second-order valence-corrected chi connectivity index (χ2v) is 7.13. The second-order valence-electron chi connectivity index (χ2n) is 7.13. The maximum atomic E-state index is 6.56. The molecule has 0 bridgehead atoms. The molecule has 2 aromatic carbocycles. The lowest BCUT2D eigenvalue weighted by atomic mass is 9.90. The van der Waals surface area contributed by atoms with Crippen LogP contribution in [0.25, 0.3) is 0 Å². The molecule has 0 unspecified atom stereocenters. The van der Waals surface area contributed by atoms with Gasteiger partial charge in [0.1, 0.15) is 19.0 Å². The summed E-state index contributed by atoms with van der Waals surface area (Å²) in [6, 6.07) is 14.8. The second kappa shape index (κ2) is 10.9. The van der Waals surface area contributed by atoms with Gasteiger partial charge in [0, 0.05) is 12.6 Å². The van der Waals surface area contributed by atoms with Crippen LogP contribution in [-0.4, -0.2) is 37.3 Å². The van der Waals surface area contributed by atoms with Gasteiger partial charge in [0.25, 0.3) is 0 Å². The van der Waals surface area contributed by atoms with Crippen molar-refractivity contribution in [3.05, 3.63) is 53.6 Å². The number of hydrogen-bond donors (Lipinski definition) is 1. The summed E-state index contributed by atoms with van der Waals surface area (Å²) in [7, 11) is 0. The molecule has 4 rings (SSSR count). The minimum absolute atomic E-state index is 0. The summed E-state index contributed by atoms with van der Waals surface area (Å²) in [6.07, 6.45) is 2.14. The highest BCUT2D eigenvalue weighted by Crippen LogP contribution is 2.42. The van der Waals surface area contributed by atoms with Gasteiger partial charge in [-0.15, -0.1) is 24.8 Å². The van der Waals surface area contributed by atoms with Crippen LogP contribution in [0, 0.1) is 0 Å². The van der Waals surface area contributed by atoms with Gasteiger partial charge in [-0.2, -0.15) is 0 Å². The minimum atomic E-state index is 0. The van der Waals surface area contributed by atoms with Gasteiger partial charge >= 0.3 is 0 Å². The molecule has 7 heteroatoms. The van der Waals surface area contributed by atoms with Crippen LogP contribution in [0.2, 0.25) is 0 Å². The molecule has 2 N–H and O–H groups in total. The summed E-state index contributed by atoms with van der Waals surface area (Å²) < 4.78 is 17.7. The lowest BCUT2D eigenvalue weighted by Gasteiger charge is -2.40. The van der Waals surface area contributed by atoms with E-state index in [2.05, 4.69) is 29.2 Å². The Bertz CT molecular complexity index is 776. The van der Waals surface area contributed by atoms with E-state index < -0.39 is 0 Å². The monoisotopic (exact) mass is 440 g/mol. The van der Waals surface area contributed by atoms with E-state index >= 15 is 0 Å². The number of halogens is 2. The smallest absolute Gasteiger partial charge is 0.169 e. The quantitative estimate of drug-likeness (QED) is 0.747. The molecular formula is C22H30Cl2N2O3. The maximum Gasteiger partial charge on any atom is 0.169 e. The molecule has 5 nitrogen and oxygen atoms in total. The lowest BCUT2D eigenvalue weighted by molar-refractivity contribution is 0.113. The topological polar surface area (TPSA) is 57.0 Å². The molecular weight excluding hydrogens is 411 g/mol. The van der Waals surface area contributed by atoms with E-state index in [9.17, 15) is 0 Å². The summed E-state index contributed by atoms with van der Waals surface area (Å²) >= 11 is 0. The van der Waals surface area contributed by atoms with Crippen molar-refractivity contribution in [1.29, 1.82) is 0 Å². The van der Waals surface area contributed by atoms with Crippen LogP contribution >= 0.6 is 24.8 Å². The van der Waals surface area contributed by atoms with Crippen LogP contribution in [0.3, 0.4) is 0 Å². The van der Waals surface area contributed by atoms with Crippen molar-refractivity contribution in [2.24, 2.45) is 5.73 Å². The average Bonchev–Trinajstić information content (AvgIpc) is 2.71. The van der Waals surface area contributed by atoms with Gasteiger partial charge in [0.2, 0.25) is 0 Å². The van der Waals surface area contributed by atoms with Crippen molar-refractivity contribution in [1.82, 2.24) is 4.90 Å². The Hall–Kier alpha value is -1.66. The maximum absolute atomic E-state index is 6.56. The fraction of sp³-hybridized carbons (Fsp3) is 0.455. The zero-order chi connectivity index (χ0) is 18.6. The standard InChI is InChI=1S/C22H28N2O3.2ClH/c1-2-25-19-10-11-20-22(27-14-13-26-20)17(19)15-24-12-6-9-18(23)21(24)16-7-4-3-5-8-16;;/h3-5,7-8,10-11,18,21H,2,6,9,12-15,23H2,1H3;2*1H/t18-,21+;;/m0../s1. The third-order valence-corrected chi connectivity index (χ3v) is 5.35. The molecule has 0 amide bonds. The highest BCUT2D eigenvalue weighted by molar-refractivity contribution is 5.85. The molecule has 0 aromatic heterocycles. The largest absolute Gasteiger partial charge is 0.493 e. The molecule has 0 aliphatic carbocycles. The number of likely N-dealkylation sites (tertiary alicyclic amines) is 1. The number of hydrogen-bond acceptors (Lipinski definition) is 5. The Morgan fingerprint density at radius 1 is 1.07 bits per heavy atom. The molecule has 2 aromatic rings. The summed E-state index contributed by atoms with van der Waals surface area (Å²) in [5, 5.41) is 0. The molecule has 2 heterocycles. The van der Waals surface area contributed by atoms with Crippen molar-refractivity contribution in [2.75, 3.05) is 26.4 Å². The number of benzene rings is 2. The number of piperidine rings is 1. The van der Waals surface area contributed by atoms with Gasteiger partial charge in [0.15, 0.2) is 11.5 Å². The first-order valence-electron chi connectivity index (χ1n) is 9.86. The van der Waals surface area contributed by atoms with Crippen molar-refractivity contribution >= 4 is 24.8 Å². The fourth-order valence-electron chi connectivity index (χ4n) is 4.18. The van der Waals surface area contributed by atoms with E-state index in [1.54, 1.807) is 0 Å². The van der Waals surface area contributed by atoms with E-state index in [1.807, 2.05) is 25.1 Å². The van der Waals surface area contributed by atoms with E-state index in [1.165, 1.54) is 5.56 Å². The molecule has 0 spiro atoms. The third-order valence-electron chi connectivity index (χ3n) is 5.35. The molecule has 0 saturated carbocycles. The third kappa shape index (κ3) is 5.10. The summed E-state index contributed by atoms with van der Waals surface area (Å²) in [5.74, 6) is 2.49. The number of rotatable bonds is 5. The molecule has 2 aliphatic rings. The Labute approximate surface area is 185 Å². The molecule has 0 radical (unpaired) electrons. The highest BCUT2D eigenvalue weighted by Gasteiger charge is 2.32. The van der Waals surface area contributed by atoms with E-state index in [-0.39, 0.29) is 36.9 Å². The lowest BCUT2D eigenvalue weighted by Crippen LogP contribution is -2.45. The van der Waals surface area contributed by atoms with Gasteiger partial charge in [0.05, 0.1) is 18.2 Å². The van der Waals surface area contributed by atoms with Crippen LogP contribution in [0.1, 0.15) is 36.9 Å². The number of nitrogens with two attached hydrogens (primary N) is 1. The van der Waals surface area contributed by atoms with Crippen molar-refractivity contribution < 1.29 is 14.2 Å². The zero-order valence-electron chi connectivity index (χ0n) is 16.7. The number of ether oxygens (including phenoxy) is 3. The van der Waals surface area contributed by atoms with Crippen LogP contribution in [-0.2, 0) is 6.54 Å². The van der Waals surface area contributed by atoms with E-state index in [0.717, 1.165) is 48.7 Å². The first-order chi connectivity index (χ1) is 13.3. The number of fused-ring (bicyclic) bond motifs is 1. The Kier molecular flexibility index (Phi) is 8.90. The first kappa shape index (κ1) is 23.6. The molecule has 2 atom stereocenters. The Morgan fingerprint density at radius 2 is 1.83 bits per heavy atom. The fourth-order valence-corrected chi connectivity index (χ4v) is 4.18. The summed E-state index contributed by atoms with van der Waals surface area (Å²) in [6.45, 7) is 5.51. The zero-order valence-corrected chi connectivity index (χ0v) is 18.3. The van der Waals surface area contributed by atoms with Crippen molar-refractivity contribution in [3.63, 3.8) is 0 Å². The minimum Gasteiger partial charge on any atom is -0.493 e. The van der Waals surface area contributed by atoms with Crippen LogP contribution in [0.4, 0.5) is 0 Å². The van der Waals surface area contributed by atoms with Gasteiger partial charge in [-0.3, -0.25) is 4.90 Å². The summed E-state index contributed by atoms with van der Waals surface area (Å²) in [5.41, 5.74) is 8.89. The predicted molar refractivity (Wildman–Crippen MR) is 120 cm³/mol. The normalized spacial score (nSPS) is 20.9. The Balaban J connectivity index is 0.00000150. The van der Waals surface area contributed by atoms with E-state index in [0.29, 0.717) is 19.8 Å². The van der Waals surface area contributed by atoms with Crippen LogP contribution < -0.4 is 19.9 Å². The van der Waals surface area contributed by atoms with Gasteiger partial charge < -0.3 is 19.9 Å². The van der Waals surface area contributed by atoms with Crippen LogP contribution in [0.5, 0.6) is 17.2 Å². The molecule has 2 aliphatic heterocycles. The average molecular weight is 441 g/mol. The molecule has 29 heavy (non-hydrogen) atoms. The number of nitrogens with zero attached hydrogens (tertiary/aromatic N) is 1. The van der Waals surface area contributed by atoms with Crippen LogP contribution in [0.15, 0.2) is 42.5 Å². The Morgan fingerprint density at radius 3 is 2.59 bits per heavy atom. The molecule has 1 saturated heterocycles. The predicted octanol–water partition coefficient (Wildman–Crippen LogP) is 4.36. The van der Waals surface area contributed by atoms with Crippen molar-refractivity contribution in [2.45, 2.75) is 38.4 Å². The highest BCUT2D eigenvalue weighted by atomic mass is 35.5. The van der Waals surface area contributed by atoms with Gasteiger partial charge in [-0.25, -0.2) is 0 Å². The first-order valence-corrected chi connectivity index (χ1v) is 9.86. The SMILES string of the molecule is CCOc1ccc2c(c1CN1CCC[C@H](N)[C@H]1c1ccccc1)OCCO2.Cl.Cl. The summed E-state index contributed by atoms with van der Waals surface area (Å²) in [4.78, 5) is 2.46. The van der Waals surface area contributed by atoms with Gasteiger partial charge in [-0.05, 0) is 44.0 Å². The van der Waals surface area contributed by atoms with Gasteiger partial charge in [-0.1, -0.05) is 30.3 Å². The molecule has 1 fully saturated rings. The van der Waals surface area contributed by atoms with E-state index in [4.69, 9.17) is 19.9 Å². The van der Waals surface area contributed by atoms with Crippen molar-refractivity contribution in [3.8, 4) is 17.2 Å². The molecule has 160 valence electrons.